The predicted molar refractivity (Wildman–Crippen MR) is 92.8 cm³/mol. The van der Waals surface area contributed by atoms with Crippen molar-refractivity contribution in [1.29, 1.82) is 0 Å². The molecular formula is C19H31NO2. The van der Waals surface area contributed by atoms with Crippen LogP contribution in [0, 0.1) is 0 Å². The molecule has 0 bridgehead atoms. The molecule has 0 aliphatic rings. The van der Waals surface area contributed by atoms with Crippen LogP contribution in [0.1, 0.15) is 64.2 Å². The zero-order valence-corrected chi connectivity index (χ0v) is 14.8. The molecule has 0 aromatic heterocycles. The van der Waals surface area contributed by atoms with E-state index in [9.17, 15) is 4.79 Å². The molecule has 1 aromatic carbocycles. The Balaban J connectivity index is 2.46. The van der Waals surface area contributed by atoms with Gasteiger partial charge in [-0.3, -0.25) is 9.69 Å². The van der Waals surface area contributed by atoms with Gasteiger partial charge in [0.15, 0.2) is 5.78 Å². The summed E-state index contributed by atoms with van der Waals surface area (Å²) >= 11 is 0. The quantitative estimate of drug-likeness (QED) is 0.594. The van der Waals surface area contributed by atoms with Crippen molar-refractivity contribution in [3.05, 3.63) is 29.8 Å². The van der Waals surface area contributed by atoms with Crippen LogP contribution in [0.25, 0.3) is 0 Å². The monoisotopic (exact) mass is 305 g/mol. The topological polar surface area (TPSA) is 29.5 Å². The predicted octanol–water partition coefficient (Wildman–Crippen LogP) is 4.56. The van der Waals surface area contributed by atoms with Crippen molar-refractivity contribution in [1.82, 2.24) is 4.90 Å². The van der Waals surface area contributed by atoms with Crippen molar-refractivity contribution < 1.29 is 9.53 Å². The Morgan fingerprint density at radius 2 is 1.68 bits per heavy atom. The standard InChI is InChI=1S/C19H31NO2/c1-6-7-8-19(21)17-9-11-18(12-10-17)22-14-13-20(15(2)3)16(4)5/h9-12,15-16H,6-8,13-14H2,1-5H3. The molecule has 0 aliphatic carbocycles. The van der Waals surface area contributed by atoms with Crippen molar-refractivity contribution in [2.75, 3.05) is 13.2 Å². The van der Waals surface area contributed by atoms with Gasteiger partial charge in [0, 0.05) is 30.6 Å². The molecule has 0 fully saturated rings. The lowest BCUT2D eigenvalue weighted by Gasteiger charge is -2.30. The number of rotatable bonds is 10. The Hall–Kier alpha value is -1.35. The number of ether oxygens (including phenoxy) is 1. The average Bonchev–Trinajstić information content (AvgIpc) is 2.49. The molecule has 1 rings (SSSR count). The third kappa shape index (κ3) is 6.18. The summed E-state index contributed by atoms with van der Waals surface area (Å²) in [6.07, 6.45) is 2.64. The van der Waals surface area contributed by atoms with Crippen LogP contribution in [0.4, 0.5) is 0 Å². The third-order valence-corrected chi connectivity index (χ3v) is 3.88. The molecule has 0 saturated heterocycles. The van der Waals surface area contributed by atoms with Crippen molar-refractivity contribution in [3.63, 3.8) is 0 Å². The first-order valence-corrected chi connectivity index (χ1v) is 8.47. The number of benzene rings is 1. The maximum Gasteiger partial charge on any atom is 0.162 e. The van der Waals surface area contributed by atoms with Crippen LogP contribution in [0.3, 0.4) is 0 Å². The van der Waals surface area contributed by atoms with Gasteiger partial charge < -0.3 is 4.74 Å². The van der Waals surface area contributed by atoms with E-state index in [2.05, 4.69) is 39.5 Å². The summed E-state index contributed by atoms with van der Waals surface area (Å²) in [4.78, 5) is 14.3. The molecule has 0 N–H and O–H groups in total. The first-order valence-electron chi connectivity index (χ1n) is 8.47. The van der Waals surface area contributed by atoms with Gasteiger partial charge in [0.05, 0.1) is 0 Å². The van der Waals surface area contributed by atoms with Crippen LogP contribution in [-0.4, -0.2) is 35.9 Å². The third-order valence-electron chi connectivity index (χ3n) is 3.88. The van der Waals surface area contributed by atoms with Crippen LogP contribution in [0.15, 0.2) is 24.3 Å². The van der Waals surface area contributed by atoms with Crippen molar-refractivity contribution >= 4 is 5.78 Å². The molecular weight excluding hydrogens is 274 g/mol. The summed E-state index contributed by atoms with van der Waals surface area (Å²) in [6, 6.07) is 8.57. The minimum atomic E-state index is 0.221. The highest BCUT2D eigenvalue weighted by Gasteiger charge is 2.13. The summed E-state index contributed by atoms with van der Waals surface area (Å²) < 4.78 is 5.80. The van der Waals surface area contributed by atoms with E-state index in [0.717, 1.165) is 30.7 Å². The van der Waals surface area contributed by atoms with Gasteiger partial charge in [-0.25, -0.2) is 0 Å². The second kappa shape index (κ2) is 9.62. The minimum absolute atomic E-state index is 0.221. The van der Waals surface area contributed by atoms with Gasteiger partial charge >= 0.3 is 0 Å². The number of carbonyl (C=O) groups is 1. The summed E-state index contributed by atoms with van der Waals surface area (Å²) in [6.45, 7) is 12.5. The lowest BCUT2D eigenvalue weighted by atomic mass is 10.1. The highest BCUT2D eigenvalue weighted by atomic mass is 16.5. The second-order valence-electron chi connectivity index (χ2n) is 6.32. The number of hydrogen-bond donors (Lipinski definition) is 0. The Morgan fingerprint density at radius 1 is 1.09 bits per heavy atom. The smallest absolute Gasteiger partial charge is 0.162 e. The van der Waals surface area contributed by atoms with Gasteiger partial charge in [0.25, 0.3) is 0 Å². The van der Waals surface area contributed by atoms with Gasteiger partial charge in [-0.05, 0) is 58.4 Å². The number of unbranched alkanes of at least 4 members (excludes halogenated alkanes) is 1. The van der Waals surface area contributed by atoms with Crippen LogP contribution < -0.4 is 4.74 Å². The summed E-state index contributed by atoms with van der Waals surface area (Å²) in [5.74, 6) is 1.05. The van der Waals surface area contributed by atoms with Gasteiger partial charge in [0.1, 0.15) is 12.4 Å². The molecule has 0 spiro atoms. The lowest BCUT2D eigenvalue weighted by molar-refractivity contribution is 0.0979. The van der Waals surface area contributed by atoms with E-state index in [1.165, 1.54) is 0 Å². The summed E-state index contributed by atoms with van der Waals surface area (Å²) in [5, 5.41) is 0. The van der Waals surface area contributed by atoms with E-state index in [4.69, 9.17) is 4.74 Å². The van der Waals surface area contributed by atoms with Crippen LogP contribution in [0.5, 0.6) is 5.75 Å². The maximum atomic E-state index is 11.9. The summed E-state index contributed by atoms with van der Waals surface area (Å²) in [5.41, 5.74) is 0.784. The van der Waals surface area contributed by atoms with Crippen LogP contribution in [-0.2, 0) is 0 Å². The lowest BCUT2D eigenvalue weighted by Crippen LogP contribution is -2.39. The first-order chi connectivity index (χ1) is 10.5. The number of nitrogens with zero attached hydrogens (tertiary/aromatic N) is 1. The van der Waals surface area contributed by atoms with Crippen LogP contribution >= 0.6 is 0 Å². The molecule has 0 atom stereocenters. The van der Waals surface area contributed by atoms with Crippen molar-refractivity contribution in [2.45, 2.75) is 66.0 Å². The second-order valence-corrected chi connectivity index (χ2v) is 6.32. The van der Waals surface area contributed by atoms with E-state index in [-0.39, 0.29) is 5.78 Å². The first kappa shape index (κ1) is 18.7. The maximum absolute atomic E-state index is 11.9. The largest absolute Gasteiger partial charge is 0.492 e. The fourth-order valence-electron chi connectivity index (χ4n) is 2.60. The molecule has 1 aromatic rings. The number of Topliss-reactive ketones (excluding diaryl/α,β-unsaturated/α-hetero) is 1. The van der Waals surface area contributed by atoms with Crippen LogP contribution in [0.2, 0.25) is 0 Å². The van der Waals surface area contributed by atoms with Crippen molar-refractivity contribution in [2.24, 2.45) is 0 Å². The Kier molecular flexibility index (Phi) is 8.18. The van der Waals surface area contributed by atoms with Crippen molar-refractivity contribution in [3.8, 4) is 5.75 Å². The Labute approximate surface area is 135 Å². The summed E-state index contributed by atoms with van der Waals surface area (Å²) in [7, 11) is 0. The molecule has 0 amide bonds. The van der Waals surface area contributed by atoms with E-state index in [0.29, 0.717) is 25.1 Å². The highest BCUT2D eigenvalue weighted by Crippen LogP contribution is 2.15. The number of carbonyl (C=O) groups excluding carboxylic acids is 1. The Morgan fingerprint density at radius 3 is 2.18 bits per heavy atom. The molecule has 3 nitrogen and oxygen atoms in total. The molecule has 22 heavy (non-hydrogen) atoms. The fourth-order valence-corrected chi connectivity index (χ4v) is 2.60. The molecule has 3 heteroatoms. The van der Waals surface area contributed by atoms with Gasteiger partial charge in [0.2, 0.25) is 0 Å². The van der Waals surface area contributed by atoms with Gasteiger partial charge in [-0.1, -0.05) is 13.3 Å². The molecule has 0 saturated carbocycles. The molecule has 0 unspecified atom stereocenters. The molecule has 0 heterocycles. The molecule has 0 aliphatic heterocycles. The van der Waals surface area contributed by atoms with Gasteiger partial charge in [-0.2, -0.15) is 0 Å². The van der Waals surface area contributed by atoms with E-state index in [1.54, 1.807) is 0 Å². The number of ketones is 1. The Bertz CT molecular complexity index is 429. The minimum Gasteiger partial charge on any atom is -0.492 e. The normalized spacial score (nSPS) is 11.5. The van der Waals surface area contributed by atoms with E-state index < -0.39 is 0 Å². The number of hydrogen-bond acceptors (Lipinski definition) is 3. The fraction of sp³-hybridized carbons (Fsp3) is 0.632. The molecule has 0 radical (unpaired) electrons. The van der Waals surface area contributed by atoms with E-state index >= 15 is 0 Å². The highest BCUT2D eigenvalue weighted by molar-refractivity contribution is 5.96. The average molecular weight is 305 g/mol. The molecule has 124 valence electrons. The SMILES string of the molecule is CCCCC(=O)c1ccc(OCCN(C(C)C)C(C)C)cc1. The zero-order chi connectivity index (χ0) is 16.5. The van der Waals surface area contributed by atoms with Gasteiger partial charge in [-0.15, -0.1) is 0 Å². The zero-order valence-electron chi connectivity index (χ0n) is 14.8. The van der Waals surface area contributed by atoms with E-state index in [1.807, 2.05) is 24.3 Å².